The van der Waals surface area contributed by atoms with E-state index in [2.05, 4.69) is 15.0 Å². The summed E-state index contributed by atoms with van der Waals surface area (Å²) >= 11 is 0. The minimum absolute atomic E-state index is 0.220. The Morgan fingerprint density at radius 3 is 2.76 bits per heavy atom. The molecule has 84 valence electrons. The number of furan rings is 1. The van der Waals surface area contributed by atoms with Crippen molar-refractivity contribution in [1.82, 2.24) is 15.0 Å². The number of fused-ring (bicyclic) bond motifs is 1. The lowest BCUT2D eigenvalue weighted by Crippen LogP contribution is -2.01. The van der Waals surface area contributed by atoms with Crippen LogP contribution in [0.2, 0.25) is 0 Å². The Morgan fingerprint density at radius 1 is 1.12 bits per heavy atom. The standard InChI is InChI=1S/C12H10N4O/c1-7-14-11(16-12(13)15-7)9-6-17-10-5-3-2-4-8(9)10/h2-6H,1H3,(H2,13,14,15,16). The first-order chi connectivity index (χ1) is 8.24. The monoisotopic (exact) mass is 226 g/mol. The topological polar surface area (TPSA) is 77.8 Å². The number of rotatable bonds is 1. The van der Waals surface area contributed by atoms with E-state index in [0.29, 0.717) is 11.6 Å². The van der Waals surface area contributed by atoms with Gasteiger partial charge in [-0.25, -0.2) is 4.98 Å². The normalized spacial score (nSPS) is 10.9. The van der Waals surface area contributed by atoms with Crippen molar-refractivity contribution in [3.63, 3.8) is 0 Å². The Labute approximate surface area is 97.3 Å². The van der Waals surface area contributed by atoms with Gasteiger partial charge in [-0.15, -0.1) is 0 Å². The summed E-state index contributed by atoms with van der Waals surface area (Å²) in [6.07, 6.45) is 1.64. The molecule has 5 nitrogen and oxygen atoms in total. The molecule has 2 heterocycles. The Kier molecular flexibility index (Phi) is 2.04. The van der Waals surface area contributed by atoms with Crippen LogP contribution in [0.4, 0.5) is 5.95 Å². The predicted molar refractivity (Wildman–Crippen MR) is 64.2 cm³/mol. The number of nitrogen functional groups attached to an aromatic ring is 1. The van der Waals surface area contributed by atoms with Gasteiger partial charge in [0.05, 0.1) is 5.56 Å². The zero-order valence-corrected chi connectivity index (χ0v) is 9.21. The second-order valence-electron chi connectivity index (χ2n) is 3.71. The van der Waals surface area contributed by atoms with Gasteiger partial charge in [-0.1, -0.05) is 18.2 Å². The van der Waals surface area contributed by atoms with Gasteiger partial charge in [0, 0.05) is 5.39 Å². The van der Waals surface area contributed by atoms with E-state index < -0.39 is 0 Å². The fraction of sp³-hybridized carbons (Fsp3) is 0.0833. The van der Waals surface area contributed by atoms with E-state index in [1.54, 1.807) is 13.2 Å². The van der Waals surface area contributed by atoms with Crippen LogP contribution in [0.15, 0.2) is 34.9 Å². The van der Waals surface area contributed by atoms with Crippen LogP contribution in [0.3, 0.4) is 0 Å². The molecule has 0 spiro atoms. The minimum atomic E-state index is 0.220. The molecule has 5 heteroatoms. The zero-order valence-electron chi connectivity index (χ0n) is 9.21. The highest BCUT2D eigenvalue weighted by molar-refractivity contribution is 5.91. The van der Waals surface area contributed by atoms with Gasteiger partial charge in [0.25, 0.3) is 0 Å². The molecule has 0 unspecified atom stereocenters. The van der Waals surface area contributed by atoms with E-state index in [1.807, 2.05) is 24.3 Å². The molecule has 3 rings (SSSR count). The molecule has 0 saturated carbocycles. The number of aromatic nitrogens is 3. The van der Waals surface area contributed by atoms with Crippen molar-refractivity contribution in [3.8, 4) is 11.4 Å². The molecule has 2 N–H and O–H groups in total. The summed E-state index contributed by atoms with van der Waals surface area (Å²) in [4.78, 5) is 12.3. The van der Waals surface area contributed by atoms with Crippen molar-refractivity contribution in [3.05, 3.63) is 36.4 Å². The molecule has 1 aromatic carbocycles. The second kappa shape index (κ2) is 3.55. The molecule has 0 saturated heterocycles. The molecule has 0 aliphatic rings. The third-order valence-electron chi connectivity index (χ3n) is 2.49. The van der Waals surface area contributed by atoms with Gasteiger partial charge in [-0.05, 0) is 13.0 Å². The molecule has 2 aromatic heterocycles. The summed E-state index contributed by atoms with van der Waals surface area (Å²) < 4.78 is 5.44. The number of nitrogens with two attached hydrogens (primary N) is 1. The maximum atomic E-state index is 5.62. The van der Waals surface area contributed by atoms with Gasteiger partial charge in [0.15, 0.2) is 5.82 Å². The van der Waals surface area contributed by atoms with Crippen molar-refractivity contribution < 1.29 is 4.42 Å². The maximum absolute atomic E-state index is 5.62. The number of nitrogens with zero attached hydrogens (tertiary/aromatic N) is 3. The Balaban J connectivity index is 2.27. The van der Waals surface area contributed by atoms with Gasteiger partial charge >= 0.3 is 0 Å². The third-order valence-corrected chi connectivity index (χ3v) is 2.49. The summed E-state index contributed by atoms with van der Waals surface area (Å²) in [6, 6.07) is 7.72. The number of benzene rings is 1. The van der Waals surface area contributed by atoms with Crippen LogP contribution in [0.1, 0.15) is 5.82 Å². The van der Waals surface area contributed by atoms with Crippen LogP contribution < -0.4 is 5.73 Å². The van der Waals surface area contributed by atoms with Crippen LogP contribution in [0, 0.1) is 6.92 Å². The summed E-state index contributed by atoms with van der Waals surface area (Å²) in [6.45, 7) is 1.78. The van der Waals surface area contributed by atoms with Gasteiger partial charge in [-0.2, -0.15) is 9.97 Å². The average Bonchev–Trinajstić information content (AvgIpc) is 2.71. The molecule has 0 bridgehead atoms. The Hall–Kier alpha value is -2.43. The first-order valence-corrected chi connectivity index (χ1v) is 5.19. The quantitative estimate of drug-likeness (QED) is 0.688. The van der Waals surface area contributed by atoms with Gasteiger partial charge in [0.2, 0.25) is 5.95 Å². The molecule has 0 fully saturated rings. The SMILES string of the molecule is Cc1nc(N)nc(-c2coc3ccccc23)n1. The van der Waals surface area contributed by atoms with Crippen molar-refractivity contribution in [1.29, 1.82) is 0 Å². The number of anilines is 1. The Bertz CT molecular complexity index is 670. The van der Waals surface area contributed by atoms with Crippen molar-refractivity contribution in [2.24, 2.45) is 0 Å². The van der Waals surface area contributed by atoms with E-state index >= 15 is 0 Å². The van der Waals surface area contributed by atoms with E-state index in [0.717, 1.165) is 16.5 Å². The van der Waals surface area contributed by atoms with E-state index in [1.165, 1.54) is 0 Å². The molecule has 3 aromatic rings. The van der Waals surface area contributed by atoms with Crippen molar-refractivity contribution >= 4 is 16.9 Å². The Morgan fingerprint density at radius 2 is 1.94 bits per heavy atom. The van der Waals surface area contributed by atoms with Crippen molar-refractivity contribution in [2.45, 2.75) is 6.92 Å². The van der Waals surface area contributed by atoms with Gasteiger partial charge < -0.3 is 10.2 Å². The molecular formula is C12H10N4O. The lowest BCUT2D eigenvalue weighted by Gasteiger charge is -1.99. The number of hydrogen-bond acceptors (Lipinski definition) is 5. The predicted octanol–water partition coefficient (Wildman–Crippen LogP) is 2.18. The minimum Gasteiger partial charge on any atom is -0.464 e. The molecule has 0 aliphatic carbocycles. The van der Waals surface area contributed by atoms with Crippen LogP contribution >= 0.6 is 0 Å². The fourth-order valence-corrected chi connectivity index (χ4v) is 1.77. The molecule has 0 atom stereocenters. The number of hydrogen-bond donors (Lipinski definition) is 1. The van der Waals surface area contributed by atoms with Crippen LogP contribution in [-0.4, -0.2) is 15.0 Å². The largest absolute Gasteiger partial charge is 0.464 e. The van der Waals surface area contributed by atoms with Crippen LogP contribution in [0.25, 0.3) is 22.4 Å². The summed E-state index contributed by atoms with van der Waals surface area (Å²) in [5.74, 6) is 1.36. The maximum Gasteiger partial charge on any atom is 0.223 e. The van der Waals surface area contributed by atoms with Gasteiger partial charge in [0.1, 0.15) is 17.7 Å². The number of aryl methyl sites for hydroxylation is 1. The summed E-state index contributed by atoms with van der Waals surface area (Å²) in [5.41, 5.74) is 7.25. The first-order valence-electron chi connectivity index (χ1n) is 5.19. The highest BCUT2D eigenvalue weighted by atomic mass is 16.3. The third kappa shape index (κ3) is 1.61. The van der Waals surface area contributed by atoms with Crippen LogP contribution in [-0.2, 0) is 0 Å². The molecule has 17 heavy (non-hydrogen) atoms. The van der Waals surface area contributed by atoms with E-state index in [9.17, 15) is 0 Å². The lowest BCUT2D eigenvalue weighted by molar-refractivity contribution is 0.616. The lowest BCUT2D eigenvalue weighted by atomic mass is 10.1. The van der Waals surface area contributed by atoms with Crippen molar-refractivity contribution in [2.75, 3.05) is 5.73 Å². The fourth-order valence-electron chi connectivity index (χ4n) is 1.77. The van der Waals surface area contributed by atoms with E-state index in [4.69, 9.17) is 10.2 Å². The van der Waals surface area contributed by atoms with E-state index in [-0.39, 0.29) is 5.95 Å². The highest BCUT2D eigenvalue weighted by Gasteiger charge is 2.11. The zero-order chi connectivity index (χ0) is 11.8. The molecule has 0 amide bonds. The molecule has 0 aliphatic heterocycles. The second-order valence-corrected chi connectivity index (χ2v) is 3.71. The average molecular weight is 226 g/mol. The first kappa shape index (κ1) is 9.77. The smallest absolute Gasteiger partial charge is 0.223 e. The number of para-hydroxylation sites is 1. The summed E-state index contributed by atoms with van der Waals surface area (Å²) in [5, 5.41) is 0.970. The van der Waals surface area contributed by atoms with Gasteiger partial charge in [-0.3, -0.25) is 0 Å². The molecular weight excluding hydrogens is 216 g/mol. The van der Waals surface area contributed by atoms with Crippen LogP contribution in [0.5, 0.6) is 0 Å². The molecule has 0 radical (unpaired) electrons. The summed E-state index contributed by atoms with van der Waals surface area (Å²) in [7, 11) is 0. The highest BCUT2D eigenvalue weighted by Crippen LogP contribution is 2.28.